The number of benzene rings is 2. The second-order valence-corrected chi connectivity index (χ2v) is 5.79. The van der Waals surface area contributed by atoms with Crippen LogP contribution in [0.25, 0.3) is 0 Å². The molecule has 6 nitrogen and oxygen atoms in total. The number of nitrogens with one attached hydrogen (secondary N) is 2. The second-order valence-electron chi connectivity index (χ2n) is 5.79. The number of rotatable bonds is 6. The van der Waals surface area contributed by atoms with Gasteiger partial charge in [0.15, 0.2) is 0 Å². The Labute approximate surface area is 153 Å². The van der Waals surface area contributed by atoms with E-state index in [2.05, 4.69) is 34.6 Å². The monoisotopic (exact) mass is 352 g/mol. The molecule has 0 heterocycles. The Balaban J connectivity index is 1.89. The zero-order valence-electron chi connectivity index (χ0n) is 15.3. The molecule has 2 rings (SSSR count). The molecule has 0 fully saturated rings. The average molecular weight is 352 g/mol. The number of carbonyl (C=O) groups excluding carboxylic acids is 2. The molecule has 0 aliphatic rings. The van der Waals surface area contributed by atoms with Gasteiger partial charge >= 0.3 is 11.8 Å². The van der Waals surface area contributed by atoms with Gasteiger partial charge in [-0.3, -0.25) is 9.59 Å². The zero-order chi connectivity index (χ0) is 18.9. The van der Waals surface area contributed by atoms with Gasteiger partial charge in [-0.25, -0.2) is 5.43 Å². The van der Waals surface area contributed by atoms with E-state index in [9.17, 15) is 9.59 Å². The lowest BCUT2D eigenvalue weighted by Gasteiger charge is -2.20. The molecule has 2 amide bonds. The Hall–Kier alpha value is -3.15. The lowest BCUT2D eigenvalue weighted by atomic mass is 10.2. The summed E-state index contributed by atoms with van der Waals surface area (Å²) in [6.45, 7) is 8.00. The van der Waals surface area contributed by atoms with Crippen LogP contribution >= 0.6 is 0 Å². The van der Waals surface area contributed by atoms with Crippen LogP contribution in [0.1, 0.15) is 25.0 Å². The topological polar surface area (TPSA) is 73.8 Å². The van der Waals surface area contributed by atoms with E-state index in [1.54, 1.807) is 12.1 Å². The maximum atomic E-state index is 11.8. The molecule has 136 valence electrons. The van der Waals surface area contributed by atoms with Gasteiger partial charge in [0.2, 0.25) is 0 Å². The Kier molecular flexibility index (Phi) is 6.91. The molecular weight excluding hydrogens is 328 g/mol. The molecular formula is C20H24N4O2. The summed E-state index contributed by atoms with van der Waals surface area (Å²) in [4.78, 5) is 25.9. The predicted octanol–water partition coefficient (Wildman–Crippen LogP) is 2.93. The van der Waals surface area contributed by atoms with E-state index in [-0.39, 0.29) is 0 Å². The van der Waals surface area contributed by atoms with Gasteiger partial charge in [0, 0.05) is 24.5 Å². The van der Waals surface area contributed by atoms with Crippen molar-refractivity contribution in [3.05, 3.63) is 59.7 Å². The SMILES string of the molecule is CCN(CC)c1ccc(/C=N\NC(=O)C(=O)Nc2cccc(C)c2)cc1. The Bertz CT molecular complexity index is 781. The van der Waals surface area contributed by atoms with Crippen LogP contribution in [0.15, 0.2) is 53.6 Å². The third-order valence-electron chi connectivity index (χ3n) is 3.88. The van der Waals surface area contributed by atoms with Crippen LogP contribution in [0, 0.1) is 6.92 Å². The van der Waals surface area contributed by atoms with Crippen molar-refractivity contribution >= 4 is 29.4 Å². The first-order chi connectivity index (χ1) is 12.5. The van der Waals surface area contributed by atoms with Crippen molar-refractivity contribution in [2.45, 2.75) is 20.8 Å². The van der Waals surface area contributed by atoms with Crippen LogP contribution in [0.5, 0.6) is 0 Å². The summed E-state index contributed by atoms with van der Waals surface area (Å²) >= 11 is 0. The highest BCUT2D eigenvalue weighted by Crippen LogP contribution is 2.14. The highest BCUT2D eigenvalue weighted by Gasteiger charge is 2.12. The van der Waals surface area contributed by atoms with Gasteiger partial charge in [-0.15, -0.1) is 0 Å². The quantitative estimate of drug-likeness (QED) is 0.477. The van der Waals surface area contributed by atoms with Gasteiger partial charge < -0.3 is 10.2 Å². The third kappa shape index (κ3) is 5.44. The summed E-state index contributed by atoms with van der Waals surface area (Å²) in [5, 5.41) is 6.37. The van der Waals surface area contributed by atoms with E-state index in [1.165, 1.54) is 6.21 Å². The van der Waals surface area contributed by atoms with Crippen molar-refractivity contribution in [3.8, 4) is 0 Å². The van der Waals surface area contributed by atoms with E-state index in [0.29, 0.717) is 5.69 Å². The number of hydrazone groups is 1. The average Bonchev–Trinajstić information content (AvgIpc) is 2.64. The van der Waals surface area contributed by atoms with Gasteiger partial charge in [0.1, 0.15) is 0 Å². The molecule has 0 aromatic heterocycles. The highest BCUT2D eigenvalue weighted by molar-refractivity contribution is 6.39. The summed E-state index contributed by atoms with van der Waals surface area (Å²) in [7, 11) is 0. The Morgan fingerprint density at radius 1 is 1.04 bits per heavy atom. The minimum absolute atomic E-state index is 0.570. The Morgan fingerprint density at radius 2 is 1.73 bits per heavy atom. The lowest BCUT2D eigenvalue weighted by molar-refractivity contribution is -0.136. The summed E-state index contributed by atoms with van der Waals surface area (Å²) in [6.07, 6.45) is 1.50. The molecule has 0 saturated carbocycles. The fourth-order valence-corrected chi connectivity index (χ4v) is 2.49. The first kappa shape index (κ1) is 19.2. The summed E-state index contributed by atoms with van der Waals surface area (Å²) < 4.78 is 0. The van der Waals surface area contributed by atoms with Crippen molar-refractivity contribution in [1.82, 2.24) is 5.43 Å². The second kappa shape index (κ2) is 9.36. The smallest absolute Gasteiger partial charge is 0.329 e. The molecule has 0 aliphatic carbocycles. The van der Waals surface area contributed by atoms with Crippen LogP contribution in [0.4, 0.5) is 11.4 Å². The molecule has 26 heavy (non-hydrogen) atoms. The number of carbonyl (C=O) groups is 2. The first-order valence-corrected chi connectivity index (χ1v) is 8.59. The van der Waals surface area contributed by atoms with Gasteiger partial charge in [-0.2, -0.15) is 5.10 Å². The van der Waals surface area contributed by atoms with Gasteiger partial charge in [0.05, 0.1) is 6.21 Å². The van der Waals surface area contributed by atoms with Crippen molar-refractivity contribution in [2.75, 3.05) is 23.3 Å². The number of aryl methyl sites for hydroxylation is 1. The third-order valence-corrected chi connectivity index (χ3v) is 3.88. The van der Waals surface area contributed by atoms with Crippen molar-refractivity contribution < 1.29 is 9.59 Å². The normalized spacial score (nSPS) is 10.6. The molecule has 0 bridgehead atoms. The predicted molar refractivity (Wildman–Crippen MR) is 106 cm³/mol. The summed E-state index contributed by atoms with van der Waals surface area (Å²) in [5.41, 5.74) is 5.77. The minimum atomic E-state index is -0.817. The van der Waals surface area contributed by atoms with Crippen LogP contribution in [0.3, 0.4) is 0 Å². The summed E-state index contributed by atoms with van der Waals surface area (Å²) in [6, 6.07) is 15.0. The van der Waals surface area contributed by atoms with Crippen LogP contribution in [-0.4, -0.2) is 31.1 Å². The lowest BCUT2D eigenvalue weighted by Crippen LogP contribution is -2.32. The van der Waals surface area contributed by atoms with Crippen LogP contribution in [0.2, 0.25) is 0 Å². The number of amides is 2. The number of nitrogens with zero attached hydrogens (tertiary/aromatic N) is 2. The molecule has 0 unspecified atom stereocenters. The fraction of sp³-hybridized carbons (Fsp3) is 0.250. The van der Waals surface area contributed by atoms with E-state index in [1.807, 2.05) is 43.3 Å². The highest BCUT2D eigenvalue weighted by atomic mass is 16.2. The molecule has 0 saturated heterocycles. The molecule has 2 aromatic rings. The van der Waals surface area contributed by atoms with E-state index in [0.717, 1.165) is 29.9 Å². The van der Waals surface area contributed by atoms with Gasteiger partial charge in [-0.05, 0) is 56.2 Å². The minimum Gasteiger partial charge on any atom is -0.372 e. The number of hydrogen-bond donors (Lipinski definition) is 2. The maximum absolute atomic E-state index is 11.8. The van der Waals surface area contributed by atoms with Crippen molar-refractivity contribution in [3.63, 3.8) is 0 Å². The van der Waals surface area contributed by atoms with Gasteiger partial charge in [-0.1, -0.05) is 24.3 Å². The van der Waals surface area contributed by atoms with E-state index < -0.39 is 11.8 Å². The molecule has 0 radical (unpaired) electrons. The van der Waals surface area contributed by atoms with E-state index >= 15 is 0 Å². The fourth-order valence-electron chi connectivity index (χ4n) is 2.49. The molecule has 0 atom stereocenters. The summed E-state index contributed by atoms with van der Waals surface area (Å²) in [5.74, 6) is -1.58. The van der Waals surface area contributed by atoms with Crippen LogP contribution in [-0.2, 0) is 9.59 Å². The van der Waals surface area contributed by atoms with E-state index in [4.69, 9.17) is 0 Å². The van der Waals surface area contributed by atoms with Gasteiger partial charge in [0.25, 0.3) is 0 Å². The Morgan fingerprint density at radius 3 is 2.35 bits per heavy atom. The van der Waals surface area contributed by atoms with Crippen LogP contribution < -0.4 is 15.6 Å². The molecule has 2 aromatic carbocycles. The number of anilines is 2. The maximum Gasteiger partial charge on any atom is 0.329 e. The first-order valence-electron chi connectivity index (χ1n) is 8.59. The number of hydrogen-bond acceptors (Lipinski definition) is 4. The molecule has 6 heteroatoms. The van der Waals surface area contributed by atoms with Crippen molar-refractivity contribution in [1.29, 1.82) is 0 Å². The molecule has 0 aliphatic heterocycles. The zero-order valence-corrected chi connectivity index (χ0v) is 15.3. The molecule has 0 spiro atoms. The molecule has 2 N–H and O–H groups in total. The standard InChI is InChI=1S/C20H24N4O2/c1-4-24(5-2)18-11-9-16(10-12-18)14-21-23-20(26)19(25)22-17-8-6-7-15(3)13-17/h6-14H,4-5H2,1-3H3,(H,22,25)(H,23,26)/b21-14-. The van der Waals surface area contributed by atoms with Crippen molar-refractivity contribution in [2.24, 2.45) is 5.10 Å². The largest absolute Gasteiger partial charge is 0.372 e.